The summed E-state index contributed by atoms with van der Waals surface area (Å²) < 4.78 is 19.3. The minimum absolute atomic E-state index is 0.00378. The van der Waals surface area contributed by atoms with E-state index in [2.05, 4.69) is 13.8 Å². The number of likely N-dealkylation sites (tertiary alicyclic amines) is 2. The number of benzene rings is 2. The van der Waals surface area contributed by atoms with E-state index in [1.54, 1.807) is 36.4 Å². The van der Waals surface area contributed by atoms with Crippen LogP contribution in [0.15, 0.2) is 48.5 Å². The second-order valence-electron chi connectivity index (χ2n) is 9.37. The van der Waals surface area contributed by atoms with E-state index >= 15 is 0 Å². The molecule has 33 heavy (non-hydrogen) atoms. The summed E-state index contributed by atoms with van der Waals surface area (Å²) in [6.45, 7) is 4.89. The maximum atomic E-state index is 13.5. The van der Waals surface area contributed by atoms with Gasteiger partial charge in [0.2, 0.25) is 0 Å². The molecule has 0 spiro atoms. The second kappa shape index (κ2) is 10.4. The summed E-state index contributed by atoms with van der Waals surface area (Å²) in [6.07, 6.45) is 5.73. The molecule has 6 heteroatoms. The standard InChI is InChI=1S/C27H33FN2O3/c1-19-6-3-7-20(2)30(19)26(31)18-33-25-13-11-22(12-14-25)27(32)29-15-5-10-24(29)17-21-8-4-9-23(28)16-21/h4,8-9,11-14,16,19-20,24H,3,5-7,10,15,17-18H2,1-2H3. The zero-order valence-corrected chi connectivity index (χ0v) is 19.5. The number of ether oxygens (including phenoxy) is 1. The molecule has 0 saturated carbocycles. The van der Waals surface area contributed by atoms with Crippen LogP contribution >= 0.6 is 0 Å². The van der Waals surface area contributed by atoms with E-state index < -0.39 is 0 Å². The lowest BCUT2D eigenvalue weighted by molar-refractivity contribution is -0.139. The number of hydrogen-bond donors (Lipinski definition) is 0. The number of piperidine rings is 1. The first-order valence-corrected chi connectivity index (χ1v) is 12.0. The van der Waals surface area contributed by atoms with Gasteiger partial charge in [0.05, 0.1) is 0 Å². The summed E-state index contributed by atoms with van der Waals surface area (Å²) in [4.78, 5) is 29.6. The molecule has 2 aromatic rings. The van der Waals surface area contributed by atoms with Crippen LogP contribution in [0.2, 0.25) is 0 Å². The Morgan fingerprint density at radius 2 is 1.73 bits per heavy atom. The molecule has 5 nitrogen and oxygen atoms in total. The third-order valence-corrected chi connectivity index (χ3v) is 6.94. The molecule has 176 valence electrons. The van der Waals surface area contributed by atoms with Crippen molar-refractivity contribution in [2.45, 2.75) is 70.5 Å². The van der Waals surface area contributed by atoms with Gasteiger partial charge in [0.15, 0.2) is 6.61 Å². The molecular weight excluding hydrogens is 419 g/mol. The number of rotatable bonds is 6. The molecule has 2 heterocycles. The molecule has 3 atom stereocenters. The highest BCUT2D eigenvalue weighted by Gasteiger charge is 2.30. The highest BCUT2D eigenvalue weighted by Crippen LogP contribution is 2.25. The van der Waals surface area contributed by atoms with Crippen molar-refractivity contribution >= 4 is 11.8 Å². The number of hydrogen-bond acceptors (Lipinski definition) is 3. The molecule has 3 unspecified atom stereocenters. The maximum absolute atomic E-state index is 13.5. The summed E-state index contributed by atoms with van der Waals surface area (Å²) in [6, 6.07) is 14.2. The van der Waals surface area contributed by atoms with Crippen LogP contribution in [0, 0.1) is 5.82 Å². The topological polar surface area (TPSA) is 49.9 Å². The minimum atomic E-state index is -0.248. The molecule has 2 amide bonds. The highest BCUT2D eigenvalue weighted by molar-refractivity contribution is 5.94. The van der Waals surface area contributed by atoms with Gasteiger partial charge >= 0.3 is 0 Å². The lowest BCUT2D eigenvalue weighted by Crippen LogP contribution is -2.49. The average molecular weight is 453 g/mol. The number of carbonyl (C=O) groups is 2. The van der Waals surface area contributed by atoms with Crippen LogP contribution in [0.3, 0.4) is 0 Å². The predicted molar refractivity (Wildman–Crippen MR) is 126 cm³/mol. The van der Waals surface area contributed by atoms with Crippen LogP contribution in [0.1, 0.15) is 61.9 Å². The zero-order chi connectivity index (χ0) is 23.4. The Morgan fingerprint density at radius 3 is 2.42 bits per heavy atom. The summed E-state index contributed by atoms with van der Waals surface area (Å²) >= 11 is 0. The monoisotopic (exact) mass is 452 g/mol. The summed E-state index contributed by atoms with van der Waals surface area (Å²) in [7, 11) is 0. The molecule has 2 aliphatic rings. The van der Waals surface area contributed by atoms with Crippen molar-refractivity contribution < 1.29 is 18.7 Å². The van der Waals surface area contributed by atoms with Gasteiger partial charge in [-0.2, -0.15) is 0 Å². The molecule has 2 fully saturated rings. The summed E-state index contributed by atoms with van der Waals surface area (Å²) in [5.41, 5.74) is 1.50. The molecule has 0 N–H and O–H groups in total. The zero-order valence-electron chi connectivity index (χ0n) is 19.5. The van der Waals surface area contributed by atoms with E-state index in [9.17, 15) is 14.0 Å². The number of amides is 2. The molecule has 0 aliphatic carbocycles. The van der Waals surface area contributed by atoms with E-state index in [-0.39, 0.29) is 42.4 Å². The van der Waals surface area contributed by atoms with Gasteiger partial charge < -0.3 is 14.5 Å². The second-order valence-corrected chi connectivity index (χ2v) is 9.37. The van der Waals surface area contributed by atoms with E-state index in [1.807, 2.05) is 15.9 Å². The first-order chi connectivity index (χ1) is 15.9. The molecule has 2 saturated heterocycles. The Bertz CT molecular complexity index is 968. The fourth-order valence-electron chi connectivity index (χ4n) is 5.24. The van der Waals surface area contributed by atoms with Gasteiger partial charge in [-0.15, -0.1) is 0 Å². The normalized spacial score (nSPS) is 22.9. The molecular formula is C27H33FN2O3. The quantitative estimate of drug-likeness (QED) is 0.630. The van der Waals surface area contributed by atoms with Gasteiger partial charge in [-0.3, -0.25) is 9.59 Å². The lowest BCUT2D eigenvalue weighted by atomic mass is 9.97. The Balaban J connectivity index is 1.34. The van der Waals surface area contributed by atoms with Crippen molar-refractivity contribution in [3.05, 3.63) is 65.5 Å². The average Bonchev–Trinajstić information content (AvgIpc) is 3.25. The fourth-order valence-corrected chi connectivity index (χ4v) is 5.24. The van der Waals surface area contributed by atoms with Crippen molar-refractivity contribution in [2.24, 2.45) is 0 Å². The van der Waals surface area contributed by atoms with Gasteiger partial charge in [-0.1, -0.05) is 12.1 Å². The first-order valence-electron chi connectivity index (χ1n) is 12.0. The number of carbonyl (C=O) groups excluding carboxylic acids is 2. The van der Waals surface area contributed by atoms with Crippen molar-refractivity contribution in [3.8, 4) is 5.75 Å². The van der Waals surface area contributed by atoms with Crippen molar-refractivity contribution in [2.75, 3.05) is 13.2 Å². The van der Waals surface area contributed by atoms with Gasteiger partial charge in [0.1, 0.15) is 11.6 Å². The van der Waals surface area contributed by atoms with Crippen LogP contribution in [0.4, 0.5) is 4.39 Å². The third kappa shape index (κ3) is 5.55. The van der Waals surface area contributed by atoms with Crippen LogP contribution in [0.25, 0.3) is 0 Å². The summed E-state index contributed by atoms with van der Waals surface area (Å²) in [5, 5.41) is 0. The maximum Gasteiger partial charge on any atom is 0.260 e. The van der Waals surface area contributed by atoms with Crippen LogP contribution in [-0.4, -0.2) is 52.9 Å². The Morgan fingerprint density at radius 1 is 1.00 bits per heavy atom. The largest absolute Gasteiger partial charge is 0.484 e. The van der Waals surface area contributed by atoms with E-state index in [0.717, 1.165) is 37.7 Å². The Labute approximate surface area is 195 Å². The lowest BCUT2D eigenvalue weighted by Gasteiger charge is -2.38. The van der Waals surface area contributed by atoms with Gasteiger partial charge in [-0.05, 0) is 94.3 Å². The van der Waals surface area contributed by atoms with E-state index in [1.165, 1.54) is 6.07 Å². The molecule has 2 aliphatic heterocycles. The molecule has 4 rings (SSSR count). The van der Waals surface area contributed by atoms with Crippen molar-refractivity contribution in [3.63, 3.8) is 0 Å². The smallest absolute Gasteiger partial charge is 0.260 e. The van der Waals surface area contributed by atoms with Crippen LogP contribution in [0.5, 0.6) is 5.75 Å². The van der Waals surface area contributed by atoms with E-state index in [0.29, 0.717) is 24.3 Å². The molecule has 0 bridgehead atoms. The summed E-state index contributed by atoms with van der Waals surface area (Å²) in [5.74, 6) is 0.316. The molecule has 0 radical (unpaired) electrons. The van der Waals surface area contributed by atoms with E-state index in [4.69, 9.17) is 4.74 Å². The predicted octanol–water partition coefficient (Wildman–Crippen LogP) is 4.84. The third-order valence-electron chi connectivity index (χ3n) is 6.94. The minimum Gasteiger partial charge on any atom is -0.484 e. The van der Waals surface area contributed by atoms with Crippen LogP contribution < -0.4 is 4.74 Å². The first kappa shape index (κ1) is 23.3. The highest BCUT2D eigenvalue weighted by atomic mass is 19.1. The number of halogens is 1. The van der Waals surface area contributed by atoms with Gasteiger partial charge in [-0.25, -0.2) is 4.39 Å². The fraction of sp³-hybridized carbons (Fsp3) is 0.481. The van der Waals surface area contributed by atoms with Crippen molar-refractivity contribution in [1.82, 2.24) is 9.80 Å². The Kier molecular flexibility index (Phi) is 7.31. The van der Waals surface area contributed by atoms with Gasteiger partial charge in [0, 0.05) is 30.2 Å². The van der Waals surface area contributed by atoms with Crippen LogP contribution in [-0.2, 0) is 11.2 Å². The molecule has 0 aromatic heterocycles. The SMILES string of the molecule is CC1CCCC(C)N1C(=O)COc1ccc(C(=O)N2CCCC2Cc2cccc(F)c2)cc1. The molecule has 2 aromatic carbocycles. The number of nitrogens with zero attached hydrogens (tertiary/aromatic N) is 2. The van der Waals surface area contributed by atoms with Crippen molar-refractivity contribution in [1.29, 1.82) is 0 Å². The Hall–Kier alpha value is -2.89. The van der Waals surface area contributed by atoms with Gasteiger partial charge in [0.25, 0.3) is 11.8 Å².